The SMILES string of the molecule is C[C@@H]1Cc2cc(S(=O)(=O)N(C)C)ccc2N1. The van der Waals surface area contributed by atoms with E-state index in [1.807, 2.05) is 6.07 Å². The minimum absolute atomic E-state index is 0.368. The van der Waals surface area contributed by atoms with Crippen LogP contribution in [0.25, 0.3) is 0 Å². The van der Waals surface area contributed by atoms with Gasteiger partial charge < -0.3 is 5.32 Å². The molecule has 1 N–H and O–H groups in total. The minimum atomic E-state index is -3.31. The Morgan fingerprint density at radius 2 is 2.06 bits per heavy atom. The van der Waals surface area contributed by atoms with E-state index >= 15 is 0 Å². The van der Waals surface area contributed by atoms with E-state index in [1.165, 1.54) is 4.31 Å². The molecule has 1 aliphatic rings. The molecule has 5 heteroatoms. The highest BCUT2D eigenvalue weighted by Crippen LogP contribution is 2.28. The summed E-state index contributed by atoms with van der Waals surface area (Å²) < 4.78 is 25.1. The molecule has 88 valence electrons. The third kappa shape index (κ3) is 1.81. The molecule has 0 saturated carbocycles. The van der Waals surface area contributed by atoms with Gasteiger partial charge in [-0.1, -0.05) is 0 Å². The summed E-state index contributed by atoms with van der Waals surface area (Å²) in [4.78, 5) is 0.368. The fourth-order valence-electron chi connectivity index (χ4n) is 1.90. The summed E-state index contributed by atoms with van der Waals surface area (Å²) in [5.74, 6) is 0. The molecule has 4 nitrogen and oxygen atoms in total. The Morgan fingerprint density at radius 1 is 1.38 bits per heavy atom. The largest absolute Gasteiger partial charge is 0.382 e. The van der Waals surface area contributed by atoms with Crippen molar-refractivity contribution in [3.63, 3.8) is 0 Å². The Labute approximate surface area is 96.3 Å². The van der Waals surface area contributed by atoms with Crippen LogP contribution in [-0.4, -0.2) is 32.9 Å². The summed E-state index contributed by atoms with van der Waals surface area (Å²) in [5, 5.41) is 3.30. The van der Waals surface area contributed by atoms with Crippen LogP contribution in [0.4, 0.5) is 5.69 Å². The van der Waals surface area contributed by atoms with Gasteiger partial charge in [-0.2, -0.15) is 0 Å². The molecular weight excluding hydrogens is 224 g/mol. The Kier molecular flexibility index (Phi) is 2.67. The maximum atomic E-state index is 11.9. The second-order valence-electron chi connectivity index (χ2n) is 4.36. The molecule has 0 spiro atoms. The van der Waals surface area contributed by atoms with Crippen molar-refractivity contribution < 1.29 is 8.42 Å². The van der Waals surface area contributed by atoms with Crippen molar-refractivity contribution in [2.75, 3.05) is 19.4 Å². The number of nitrogens with one attached hydrogen (secondary N) is 1. The van der Waals surface area contributed by atoms with E-state index in [4.69, 9.17) is 0 Å². The van der Waals surface area contributed by atoms with Crippen LogP contribution in [0.1, 0.15) is 12.5 Å². The molecule has 1 atom stereocenters. The lowest BCUT2D eigenvalue weighted by Crippen LogP contribution is -2.22. The first-order chi connectivity index (χ1) is 7.41. The molecule has 0 amide bonds. The van der Waals surface area contributed by atoms with Crippen LogP contribution in [0.5, 0.6) is 0 Å². The number of fused-ring (bicyclic) bond motifs is 1. The number of hydrogen-bond acceptors (Lipinski definition) is 3. The zero-order valence-corrected chi connectivity index (χ0v) is 10.5. The van der Waals surface area contributed by atoms with E-state index in [1.54, 1.807) is 26.2 Å². The van der Waals surface area contributed by atoms with Crippen LogP contribution < -0.4 is 5.32 Å². The number of sulfonamides is 1. The quantitative estimate of drug-likeness (QED) is 0.847. The van der Waals surface area contributed by atoms with Crippen molar-refractivity contribution in [3.8, 4) is 0 Å². The zero-order chi connectivity index (χ0) is 11.9. The van der Waals surface area contributed by atoms with Gasteiger partial charge in [0.15, 0.2) is 0 Å². The average Bonchev–Trinajstić information content (AvgIpc) is 2.56. The summed E-state index contributed by atoms with van der Waals surface area (Å²) >= 11 is 0. The Morgan fingerprint density at radius 3 is 2.69 bits per heavy atom. The van der Waals surface area contributed by atoms with Crippen molar-refractivity contribution in [1.29, 1.82) is 0 Å². The fraction of sp³-hybridized carbons (Fsp3) is 0.455. The van der Waals surface area contributed by atoms with Gasteiger partial charge in [0.05, 0.1) is 4.90 Å². The number of rotatable bonds is 2. The molecule has 1 aliphatic heterocycles. The van der Waals surface area contributed by atoms with E-state index in [0.29, 0.717) is 10.9 Å². The Balaban J connectivity index is 2.44. The summed E-state index contributed by atoms with van der Waals surface area (Å²) in [7, 11) is -0.220. The monoisotopic (exact) mass is 240 g/mol. The number of anilines is 1. The van der Waals surface area contributed by atoms with Gasteiger partial charge in [0, 0.05) is 25.8 Å². The molecule has 1 aromatic carbocycles. The van der Waals surface area contributed by atoms with Crippen molar-refractivity contribution in [3.05, 3.63) is 23.8 Å². The van der Waals surface area contributed by atoms with Gasteiger partial charge >= 0.3 is 0 Å². The highest BCUT2D eigenvalue weighted by atomic mass is 32.2. The molecule has 1 aromatic rings. The van der Waals surface area contributed by atoms with Crippen LogP contribution >= 0.6 is 0 Å². The third-order valence-corrected chi connectivity index (χ3v) is 4.59. The topological polar surface area (TPSA) is 49.4 Å². The van der Waals surface area contributed by atoms with Crippen LogP contribution in [0.2, 0.25) is 0 Å². The van der Waals surface area contributed by atoms with Gasteiger partial charge in [-0.25, -0.2) is 12.7 Å². The van der Waals surface area contributed by atoms with E-state index < -0.39 is 10.0 Å². The summed E-state index contributed by atoms with van der Waals surface area (Å²) in [6, 6.07) is 5.64. The first kappa shape index (κ1) is 11.4. The lowest BCUT2D eigenvalue weighted by Gasteiger charge is -2.12. The summed E-state index contributed by atoms with van der Waals surface area (Å²) in [6.45, 7) is 2.08. The highest BCUT2D eigenvalue weighted by Gasteiger charge is 2.22. The van der Waals surface area contributed by atoms with Gasteiger partial charge in [-0.15, -0.1) is 0 Å². The molecule has 1 heterocycles. The highest BCUT2D eigenvalue weighted by molar-refractivity contribution is 7.89. The molecule has 0 fully saturated rings. The summed E-state index contributed by atoms with van der Waals surface area (Å²) in [6.07, 6.45) is 0.881. The summed E-state index contributed by atoms with van der Waals surface area (Å²) in [5.41, 5.74) is 2.13. The van der Waals surface area contributed by atoms with Gasteiger partial charge in [0.25, 0.3) is 0 Å². The predicted molar refractivity (Wildman–Crippen MR) is 64.1 cm³/mol. The fourth-order valence-corrected chi connectivity index (χ4v) is 2.85. The molecule has 0 aromatic heterocycles. The van der Waals surface area contributed by atoms with Gasteiger partial charge in [0.2, 0.25) is 10.0 Å². The Bertz CT molecular complexity index is 509. The van der Waals surface area contributed by atoms with Crippen molar-refractivity contribution >= 4 is 15.7 Å². The maximum absolute atomic E-state index is 11.9. The lowest BCUT2D eigenvalue weighted by molar-refractivity contribution is 0.520. The molecule has 0 saturated heterocycles. The second-order valence-corrected chi connectivity index (χ2v) is 6.51. The van der Waals surface area contributed by atoms with E-state index in [2.05, 4.69) is 12.2 Å². The first-order valence-corrected chi connectivity index (χ1v) is 6.67. The van der Waals surface area contributed by atoms with Gasteiger partial charge in [0.1, 0.15) is 0 Å². The molecule has 0 radical (unpaired) electrons. The van der Waals surface area contributed by atoms with Crippen molar-refractivity contribution in [1.82, 2.24) is 4.31 Å². The lowest BCUT2D eigenvalue weighted by atomic mass is 10.1. The molecule has 0 unspecified atom stereocenters. The second kappa shape index (κ2) is 3.75. The Hall–Kier alpha value is -1.07. The standard InChI is InChI=1S/C11H16N2O2S/c1-8-6-9-7-10(4-5-11(9)12-8)16(14,15)13(2)3/h4-5,7-8,12H,6H2,1-3H3/t8-/m1/s1. The van der Waals surface area contributed by atoms with Gasteiger partial charge in [-0.3, -0.25) is 0 Å². The van der Waals surface area contributed by atoms with Crippen LogP contribution in [0.3, 0.4) is 0 Å². The molecule has 0 bridgehead atoms. The van der Waals surface area contributed by atoms with Crippen molar-refractivity contribution in [2.45, 2.75) is 24.3 Å². The zero-order valence-electron chi connectivity index (χ0n) is 9.69. The van der Waals surface area contributed by atoms with Crippen LogP contribution in [0.15, 0.2) is 23.1 Å². The average molecular weight is 240 g/mol. The molecule has 0 aliphatic carbocycles. The first-order valence-electron chi connectivity index (χ1n) is 5.23. The van der Waals surface area contributed by atoms with Crippen LogP contribution in [0, 0.1) is 0 Å². The molecule has 2 rings (SSSR count). The van der Waals surface area contributed by atoms with Gasteiger partial charge in [-0.05, 0) is 37.1 Å². The smallest absolute Gasteiger partial charge is 0.242 e. The molecule has 16 heavy (non-hydrogen) atoms. The normalized spacial score (nSPS) is 19.6. The number of nitrogens with zero attached hydrogens (tertiary/aromatic N) is 1. The molecular formula is C11H16N2O2S. The van der Waals surface area contributed by atoms with Crippen LogP contribution in [-0.2, 0) is 16.4 Å². The third-order valence-electron chi connectivity index (χ3n) is 2.78. The number of benzene rings is 1. The van der Waals surface area contributed by atoms with Crippen molar-refractivity contribution in [2.24, 2.45) is 0 Å². The van der Waals surface area contributed by atoms with E-state index in [0.717, 1.165) is 17.7 Å². The van der Waals surface area contributed by atoms with E-state index in [9.17, 15) is 8.42 Å². The van der Waals surface area contributed by atoms with E-state index in [-0.39, 0.29) is 0 Å². The number of hydrogen-bond donors (Lipinski definition) is 1. The minimum Gasteiger partial charge on any atom is -0.382 e. The maximum Gasteiger partial charge on any atom is 0.242 e. The predicted octanol–water partition coefficient (Wildman–Crippen LogP) is 1.29.